The van der Waals surface area contributed by atoms with Crippen LogP contribution in [0.2, 0.25) is 0 Å². The number of hydrogen-bond donors (Lipinski definition) is 0. The second-order valence-corrected chi connectivity index (χ2v) is 5.11. The Bertz CT molecular complexity index is 290. The maximum absolute atomic E-state index is 13.2. The third kappa shape index (κ3) is 2.21. The van der Waals surface area contributed by atoms with Gasteiger partial charge in [-0.15, -0.1) is 0 Å². The van der Waals surface area contributed by atoms with Crippen LogP contribution in [0.4, 0.5) is 4.39 Å². The van der Waals surface area contributed by atoms with Crippen LogP contribution in [0, 0.1) is 17.8 Å². The number of rotatable bonds is 3. The molecule has 0 aromatic carbocycles. The first-order chi connectivity index (χ1) is 6.97. The second kappa shape index (κ2) is 3.62. The van der Waals surface area contributed by atoms with Gasteiger partial charge in [0.25, 0.3) is 0 Å². The van der Waals surface area contributed by atoms with E-state index >= 15 is 0 Å². The minimum Gasteiger partial charge on any atom is -0.463 e. The van der Waals surface area contributed by atoms with Crippen LogP contribution in [-0.4, -0.2) is 18.2 Å². The molecule has 3 heteroatoms. The van der Waals surface area contributed by atoms with Gasteiger partial charge in [0.05, 0.1) is 6.61 Å². The van der Waals surface area contributed by atoms with Crippen molar-refractivity contribution in [2.24, 2.45) is 17.8 Å². The van der Waals surface area contributed by atoms with E-state index in [0.29, 0.717) is 24.4 Å². The van der Waals surface area contributed by atoms with Gasteiger partial charge in [0.1, 0.15) is 0 Å². The molecule has 3 unspecified atom stereocenters. The first-order valence-electron chi connectivity index (χ1n) is 5.51. The summed E-state index contributed by atoms with van der Waals surface area (Å²) >= 11 is 0. The van der Waals surface area contributed by atoms with Crippen LogP contribution in [0.1, 0.15) is 26.7 Å². The summed E-state index contributed by atoms with van der Waals surface area (Å²) in [5.41, 5.74) is -1.87. The molecule has 0 amide bonds. The third-order valence-corrected chi connectivity index (χ3v) is 3.33. The number of ether oxygens (including phenoxy) is 1. The molecule has 0 spiro atoms. The van der Waals surface area contributed by atoms with Crippen molar-refractivity contribution in [1.82, 2.24) is 0 Å². The molecule has 0 radical (unpaired) electrons. The highest BCUT2D eigenvalue weighted by Crippen LogP contribution is 2.43. The summed E-state index contributed by atoms with van der Waals surface area (Å²) in [4.78, 5) is 11.2. The number of esters is 1. The van der Waals surface area contributed by atoms with E-state index in [1.165, 1.54) is 20.3 Å². The predicted octanol–water partition coefficient (Wildman–Crippen LogP) is 2.49. The third-order valence-electron chi connectivity index (χ3n) is 3.33. The largest absolute Gasteiger partial charge is 0.463 e. The van der Waals surface area contributed by atoms with Gasteiger partial charge in [0.15, 0.2) is 0 Å². The Balaban J connectivity index is 1.80. The molecule has 15 heavy (non-hydrogen) atoms. The highest BCUT2D eigenvalue weighted by Gasteiger charge is 2.37. The lowest BCUT2D eigenvalue weighted by molar-refractivity contribution is -0.157. The van der Waals surface area contributed by atoms with E-state index in [2.05, 4.69) is 12.2 Å². The second-order valence-electron chi connectivity index (χ2n) is 5.11. The van der Waals surface area contributed by atoms with Crippen molar-refractivity contribution in [1.29, 1.82) is 0 Å². The minimum atomic E-state index is -1.87. The Morgan fingerprint density at radius 3 is 2.67 bits per heavy atom. The van der Waals surface area contributed by atoms with E-state index in [9.17, 15) is 9.18 Å². The van der Waals surface area contributed by atoms with Gasteiger partial charge in [-0.2, -0.15) is 0 Å². The molecule has 3 atom stereocenters. The number of hydrogen-bond acceptors (Lipinski definition) is 2. The fraction of sp³-hybridized carbons (Fsp3) is 0.750. The molecule has 0 saturated heterocycles. The molecule has 84 valence electrons. The summed E-state index contributed by atoms with van der Waals surface area (Å²) in [6.45, 7) is 2.84. The fourth-order valence-electron chi connectivity index (χ4n) is 2.44. The Hall–Kier alpha value is -0.860. The van der Waals surface area contributed by atoms with Crippen LogP contribution in [0.25, 0.3) is 0 Å². The zero-order chi connectivity index (χ0) is 11.1. The van der Waals surface area contributed by atoms with Crippen LogP contribution in [0.3, 0.4) is 0 Å². The fourth-order valence-corrected chi connectivity index (χ4v) is 2.44. The van der Waals surface area contributed by atoms with Gasteiger partial charge >= 0.3 is 5.97 Å². The quantitative estimate of drug-likeness (QED) is 0.530. The number of halogens is 1. The average Bonchev–Trinajstić information content (AvgIpc) is 2.73. The molecule has 1 saturated carbocycles. The molecule has 2 rings (SSSR count). The van der Waals surface area contributed by atoms with Crippen molar-refractivity contribution < 1.29 is 13.9 Å². The average molecular weight is 212 g/mol. The smallest absolute Gasteiger partial charge is 0.343 e. The molecular weight excluding hydrogens is 195 g/mol. The Labute approximate surface area is 89.5 Å². The first-order valence-corrected chi connectivity index (χ1v) is 5.51. The summed E-state index contributed by atoms with van der Waals surface area (Å²) in [7, 11) is 0. The van der Waals surface area contributed by atoms with E-state index in [-0.39, 0.29) is 0 Å². The molecule has 2 aliphatic rings. The number of carbonyl (C=O) groups is 1. The van der Waals surface area contributed by atoms with Gasteiger partial charge in [-0.05, 0) is 44.4 Å². The maximum Gasteiger partial charge on any atom is 0.343 e. The van der Waals surface area contributed by atoms with E-state index < -0.39 is 11.6 Å². The number of alkyl halides is 1. The molecule has 2 aliphatic carbocycles. The molecule has 0 aliphatic heterocycles. The van der Waals surface area contributed by atoms with Crippen molar-refractivity contribution in [2.75, 3.05) is 6.61 Å². The summed E-state index contributed by atoms with van der Waals surface area (Å²) in [6.07, 6.45) is 6.71. The van der Waals surface area contributed by atoms with Gasteiger partial charge in [-0.3, -0.25) is 0 Å². The summed E-state index contributed by atoms with van der Waals surface area (Å²) in [5, 5.41) is 0. The van der Waals surface area contributed by atoms with E-state index in [1.807, 2.05) is 0 Å². The summed E-state index contributed by atoms with van der Waals surface area (Å²) in [5.74, 6) is 0.878. The van der Waals surface area contributed by atoms with Crippen molar-refractivity contribution in [3.63, 3.8) is 0 Å². The molecule has 2 bridgehead atoms. The normalized spacial score (nSPS) is 33.4. The SMILES string of the molecule is CC(C)(F)C(=O)OCC1CC2C=CC1C2. The highest BCUT2D eigenvalue weighted by molar-refractivity contribution is 5.78. The van der Waals surface area contributed by atoms with E-state index in [0.717, 1.165) is 6.42 Å². The Morgan fingerprint density at radius 2 is 2.20 bits per heavy atom. The van der Waals surface area contributed by atoms with Crippen LogP contribution < -0.4 is 0 Å². The molecule has 0 N–H and O–H groups in total. The summed E-state index contributed by atoms with van der Waals surface area (Å²) in [6, 6.07) is 0. The lowest BCUT2D eigenvalue weighted by Gasteiger charge is -2.20. The van der Waals surface area contributed by atoms with Crippen molar-refractivity contribution in [2.45, 2.75) is 32.4 Å². The lowest BCUT2D eigenvalue weighted by Crippen LogP contribution is -2.30. The zero-order valence-corrected chi connectivity index (χ0v) is 9.20. The topological polar surface area (TPSA) is 26.3 Å². The van der Waals surface area contributed by atoms with Gasteiger partial charge in [0.2, 0.25) is 5.67 Å². The van der Waals surface area contributed by atoms with Crippen LogP contribution >= 0.6 is 0 Å². The monoisotopic (exact) mass is 212 g/mol. The van der Waals surface area contributed by atoms with Gasteiger partial charge in [-0.25, -0.2) is 9.18 Å². The van der Waals surface area contributed by atoms with Crippen LogP contribution in [0.15, 0.2) is 12.2 Å². The number of carbonyl (C=O) groups excluding carboxylic acids is 1. The van der Waals surface area contributed by atoms with Crippen molar-refractivity contribution >= 4 is 5.97 Å². The van der Waals surface area contributed by atoms with Crippen molar-refractivity contribution in [3.8, 4) is 0 Å². The Morgan fingerprint density at radius 1 is 1.47 bits per heavy atom. The minimum absolute atomic E-state index is 0.373. The maximum atomic E-state index is 13.2. The van der Waals surface area contributed by atoms with Gasteiger partial charge < -0.3 is 4.74 Å². The van der Waals surface area contributed by atoms with E-state index in [1.54, 1.807) is 0 Å². The molecule has 1 fully saturated rings. The van der Waals surface area contributed by atoms with Crippen LogP contribution in [0.5, 0.6) is 0 Å². The van der Waals surface area contributed by atoms with Crippen molar-refractivity contribution in [3.05, 3.63) is 12.2 Å². The highest BCUT2D eigenvalue weighted by atomic mass is 19.1. The lowest BCUT2D eigenvalue weighted by atomic mass is 9.94. The Kier molecular flexibility index (Phi) is 2.57. The van der Waals surface area contributed by atoms with Gasteiger partial charge in [0, 0.05) is 0 Å². The standard InChI is InChI=1S/C12H17FO2/c1-12(2,13)11(14)15-7-10-6-8-3-4-9(10)5-8/h3-4,8-10H,5-7H2,1-2H3. The van der Waals surface area contributed by atoms with E-state index in [4.69, 9.17) is 4.74 Å². The molecule has 0 heterocycles. The molecule has 2 nitrogen and oxygen atoms in total. The molecule has 0 aromatic rings. The first kappa shape index (κ1) is 10.7. The predicted molar refractivity (Wildman–Crippen MR) is 55.0 cm³/mol. The number of fused-ring (bicyclic) bond motifs is 2. The molecular formula is C12H17FO2. The number of allylic oxidation sites excluding steroid dienone is 2. The summed E-state index contributed by atoms with van der Waals surface area (Å²) < 4.78 is 18.2. The van der Waals surface area contributed by atoms with Gasteiger partial charge in [-0.1, -0.05) is 12.2 Å². The van der Waals surface area contributed by atoms with Crippen LogP contribution in [-0.2, 0) is 9.53 Å². The zero-order valence-electron chi connectivity index (χ0n) is 9.20. The molecule has 0 aromatic heterocycles.